The number of amides is 2. The van der Waals surface area contributed by atoms with Gasteiger partial charge in [-0.15, -0.1) is 0 Å². The van der Waals surface area contributed by atoms with Crippen molar-refractivity contribution >= 4 is 28.4 Å². The molecule has 0 spiro atoms. The summed E-state index contributed by atoms with van der Waals surface area (Å²) in [6.07, 6.45) is 5.54. The Hall–Kier alpha value is -4.51. The van der Waals surface area contributed by atoms with Crippen LogP contribution < -0.4 is 20.1 Å². The third-order valence-corrected chi connectivity index (χ3v) is 7.74. The molecule has 0 radical (unpaired) electrons. The number of anilines is 1. The van der Waals surface area contributed by atoms with Gasteiger partial charge in [0.1, 0.15) is 23.6 Å². The van der Waals surface area contributed by atoms with Crippen LogP contribution in [0.25, 0.3) is 10.9 Å². The lowest BCUT2D eigenvalue weighted by molar-refractivity contribution is -0.133. The van der Waals surface area contributed by atoms with Crippen LogP contribution in [0, 0.1) is 11.2 Å². The maximum atomic E-state index is 15.2. The Kier molecular flexibility index (Phi) is 8.91. The van der Waals surface area contributed by atoms with Gasteiger partial charge in [-0.25, -0.2) is 8.78 Å². The van der Waals surface area contributed by atoms with E-state index in [0.717, 1.165) is 19.2 Å². The minimum atomic E-state index is -1.25. The number of rotatable bonds is 12. The van der Waals surface area contributed by atoms with Crippen molar-refractivity contribution in [3.8, 4) is 23.0 Å². The first-order valence-electron chi connectivity index (χ1n) is 14.3. The summed E-state index contributed by atoms with van der Waals surface area (Å²) < 4.78 is 40.1. The Bertz CT molecular complexity index is 1600. The molecule has 2 aliphatic rings. The number of likely N-dealkylation sites (N-methyl/N-ethyl adjacent to an activating group) is 1. The zero-order valence-corrected chi connectivity index (χ0v) is 24.1. The number of benzene rings is 2. The SMILES string of the molecule is CCN(CC)CCOc1cc2c(Oc3ccc(NC(=O)C4(C(=O)NC5=CC=C(F)CC5)CC4)cc3F)ccnc2cc1O. The van der Waals surface area contributed by atoms with E-state index in [9.17, 15) is 19.1 Å². The molecule has 3 aromatic rings. The summed E-state index contributed by atoms with van der Waals surface area (Å²) in [5, 5.41) is 16.3. The van der Waals surface area contributed by atoms with E-state index < -0.39 is 23.0 Å². The number of nitrogens with zero attached hydrogens (tertiary/aromatic N) is 2. The minimum absolute atomic E-state index is 0.0636. The van der Waals surface area contributed by atoms with Crippen molar-refractivity contribution in [2.75, 3.05) is 31.6 Å². The van der Waals surface area contributed by atoms with Crippen molar-refractivity contribution in [3.63, 3.8) is 0 Å². The zero-order valence-electron chi connectivity index (χ0n) is 24.1. The van der Waals surface area contributed by atoms with E-state index in [-0.39, 0.29) is 35.2 Å². The highest BCUT2D eigenvalue weighted by molar-refractivity contribution is 6.13. The van der Waals surface area contributed by atoms with Gasteiger partial charge in [-0.05, 0) is 68.8 Å². The molecule has 226 valence electrons. The molecule has 0 saturated heterocycles. The average Bonchev–Trinajstić information content (AvgIpc) is 3.81. The molecule has 3 N–H and O–H groups in total. The number of ether oxygens (including phenoxy) is 2. The normalized spacial score (nSPS) is 15.5. The highest BCUT2D eigenvalue weighted by atomic mass is 19.1. The van der Waals surface area contributed by atoms with Crippen molar-refractivity contribution in [1.82, 2.24) is 15.2 Å². The number of allylic oxidation sites excluding steroid dienone is 4. The smallest absolute Gasteiger partial charge is 0.240 e. The van der Waals surface area contributed by atoms with Gasteiger partial charge in [-0.3, -0.25) is 14.6 Å². The molecule has 0 atom stereocenters. The number of fused-ring (bicyclic) bond motifs is 1. The van der Waals surface area contributed by atoms with Crippen LogP contribution in [-0.4, -0.2) is 53.0 Å². The number of phenolic OH excluding ortho intramolecular Hbond substituents is 1. The molecule has 11 heteroatoms. The zero-order chi connectivity index (χ0) is 30.6. The van der Waals surface area contributed by atoms with Gasteiger partial charge in [0.15, 0.2) is 23.1 Å². The van der Waals surface area contributed by atoms with E-state index in [2.05, 4.69) is 34.4 Å². The fourth-order valence-electron chi connectivity index (χ4n) is 4.86. The number of phenols is 1. The third-order valence-electron chi connectivity index (χ3n) is 7.74. The van der Waals surface area contributed by atoms with E-state index >= 15 is 4.39 Å². The van der Waals surface area contributed by atoms with Crippen LogP contribution in [0.15, 0.2) is 66.3 Å². The van der Waals surface area contributed by atoms with Crippen LogP contribution in [0.3, 0.4) is 0 Å². The Morgan fingerprint density at radius 1 is 0.977 bits per heavy atom. The number of nitrogens with one attached hydrogen (secondary N) is 2. The molecule has 0 unspecified atom stereocenters. The molecule has 1 fully saturated rings. The van der Waals surface area contributed by atoms with Gasteiger partial charge < -0.3 is 30.1 Å². The molecule has 9 nitrogen and oxygen atoms in total. The summed E-state index contributed by atoms with van der Waals surface area (Å²) in [7, 11) is 0. The Balaban J connectivity index is 1.27. The number of aromatic hydroxyl groups is 1. The Morgan fingerprint density at radius 2 is 1.74 bits per heavy atom. The second-order valence-electron chi connectivity index (χ2n) is 10.6. The first-order valence-corrected chi connectivity index (χ1v) is 14.3. The molecule has 2 amide bonds. The number of hydrogen-bond acceptors (Lipinski definition) is 7. The molecular weight excluding hydrogens is 558 g/mol. The maximum Gasteiger partial charge on any atom is 0.240 e. The standard InChI is InChI=1S/C32H34F2N4O5/c1-3-38(4-2)15-16-42-29-18-23-25(19-26(29)39)35-14-11-27(23)43-28-10-9-22(17-24(28)34)37-31(41)32(12-13-32)30(40)36-21-7-5-20(33)6-8-21/h5,7,9-11,14,17-19,39H,3-4,6,8,12-13,15-16H2,1-2H3,(H,36,40)(H,37,41). The van der Waals surface area contributed by atoms with Crippen LogP contribution in [-0.2, 0) is 9.59 Å². The molecule has 1 heterocycles. The lowest BCUT2D eigenvalue weighted by atomic mass is 10.0. The summed E-state index contributed by atoms with van der Waals surface area (Å²) in [6.45, 7) is 6.96. The summed E-state index contributed by atoms with van der Waals surface area (Å²) in [5.41, 5.74) is -0.0910. The molecule has 2 aliphatic carbocycles. The Labute approximate surface area is 248 Å². The summed E-state index contributed by atoms with van der Waals surface area (Å²) in [6, 6.07) is 8.64. The van der Waals surface area contributed by atoms with Gasteiger partial charge in [-0.1, -0.05) is 13.8 Å². The van der Waals surface area contributed by atoms with Crippen molar-refractivity contribution in [2.45, 2.75) is 39.5 Å². The van der Waals surface area contributed by atoms with Crippen LogP contribution in [0.2, 0.25) is 0 Å². The summed E-state index contributed by atoms with van der Waals surface area (Å²) in [5.74, 6) is -1.58. The fourth-order valence-corrected chi connectivity index (χ4v) is 4.86. The lowest BCUT2D eigenvalue weighted by Gasteiger charge is -2.19. The molecule has 5 rings (SSSR count). The van der Waals surface area contributed by atoms with Crippen molar-refractivity contribution in [3.05, 3.63) is 72.1 Å². The number of carbonyl (C=O) groups excluding carboxylic acids is 2. The van der Waals surface area contributed by atoms with E-state index in [1.54, 1.807) is 12.1 Å². The predicted octanol–water partition coefficient (Wildman–Crippen LogP) is 5.96. The highest BCUT2D eigenvalue weighted by Gasteiger charge is 2.56. The molecule has 1 saturated carbocycles. The Morgan fingerprint density at radius 3 is 2.42 bits per heavy atom. The predicted molar refractivity (Wildman–Crippen MR) is 158 cm³/mol. The molecule has 0 aliphatic heterocycles. The van der Waals surface area contributed by atoms with Gasteiger partial charge in [0, 0.05) is 48.1 Å². The number of hydrogen-bond donors (Lipinski definition) is 3. The minimum Gasteiger partial charge on any atom is -0.504 e. The fraction of sp³-hybridized carbons (Fsp3) is 0.344. The monoisotopic (exact) mass is 592 g/mol. The quantitative estimate of drug-likeness (QED) is 0.223. The van der Waals surface area contributed by atoms with Gasteiger partial charge in [-0.2, -0.15) is 0 Å². The summed E-state index contributed by atoms with van der Waals surface area (Å²) in [4.78, 5) is 32.3. The molecular formula is C32H34F2N4O5. The second-order valence-corrected chi connectivity index (χ2v) is 10.6. The topological polar surface area (TPSA) is 113 Å². The first-order chi connectivity index (χ1) is 20.7. The van der Waals surface area contributed by atoms with Crippen molar-refractivity contribution in [1.29, 1.82) is 0 Å². The summed E-state index contributed by atoms with van der Waals surface area (Å²) >= 11 is 0. The first kappa shape index (κ1) is 30.0. The van der Waals surface area contributed by atoms with E-state index in [4.69, 9.17) is 9.47 Å². The van der Waals surface area contributed by atoms with Crippen LogP contribution >= 0.6 is 0 Å². The molecule has 2 aromatic carbocycles. The van der Waals surface area contributed by atoms with Crippen molar-refractivity contribution in [2.24, 2.45) is 5.41 Å². The lowest BCUT2D eigenvalue weighted by Crippen LogP contribution is -2.39. The largest absolute Gasteiger partial charge is 0.504 e. The van der Waals surface area contributed by atoms with Crippen LogP contribution in [0.1, 0.15) is 39.5 Å². The van der Waals surface area contributed by atoms with Gasteiger partial charge in [0.25, 0.3) is 0 Å². The van der Waals surface area contributed by atoms with E-state index in [1.807, 2.05) is 0 Å². The second kappa shape index (κ2) is 12.8. The molecule has 1 aromatic heterocycles. The van der Waals surface area contributed by atoms with Gasteiger partial charge in [0.05, 0.1) is 5.52 Å². The van der Waals surface area contributed by atoms with Crippen LogP contribution in [0.5, 0.6) is 23.0 Å². The van der Waals surface area contributed by atoms with Gasteiger partial charge >= 0.3 is 0 Å². The average molecular weight is 593 g/mol. The number of halogens is 2. The number of pyridine rings is 1. The van der Waals surface area contributed by atoms with Crippen molar-refractivity contribution < 1.29 is 33.0 Å². The maximum absolute atomic E-state index is 15.2. The molecule has 43 heavy (non-hydrogen) atoms. The van der Waals surface area contributed by atoms with Gasteiger partial charge in [0.2, 0.25) is 11.8 Å². The third kappa shape index (κ3) is 6.77. The van der Waals surface area contributed by atoms with E-state index in [0.29, 0.717) is 54.8 Å². The highest BCUT2D eigenvalue weighted by Crippen LogP contribution is 2.47. The van der Waals surface area contributed by atoms with E-state index in [1.165, 1.54) is 36.5 Å². The number of carbonyl (C=O) groups is 2. The number of aromatic nitrogens is 1. The molecule has 0 bridgehead atoms. The van der Waals surface area contributed by atoms with Crippen LogP contribution in [0.4, 0.5) is 14.5 Å².